The summed E-state index contributed by atoms with van der Waals surface area (Å²) < 4.78 is 0. The van der Waals surface area contributed by atoms with Gasteiger partial charge in [-0.25, -0.2) is 9.98 Å². The fraction of sp³-hybridized carbons (Fsp3) is 0.375. The van der Waals surface area contributed by atoms with Crippen LogP contribution in [0.25, 0.3) is 0 Å². The van der Waals surface area contributed by atoms with Crippen LogP contribution in [0, 0.1) is 13.8 Å². The van der Waals surface area contributed by atoms with Gasteiger partial charge in [0, 0.05) is 16.4 Å². The lowest BCUT2D eigenvalue weighted by Crippen LogP contribution is -2.36. The minimum atomic E-state index is 0. The van der Waals surface area contributed by atoms with Crippen LogP contribution in [-0.4, -0.2) is 17.5 Å². The third kappa shape index (κ3) is 6.27. The number of halogens is 2. The number of aromatic nitrogens is 1. The van der Waals surface area contributed by atoms with Gasteiger partial charge in [-0.1, -0.05) is 29.8 Å². The van der Waals surface area contributed by atoms with Crippen LogP contribution >= 0.6 is 46.9 Å². The maximum Gasteiger partial charge on any atom is 0.191 e. The van der Waals surface area contributed by atoms with Gasteiger partial charge in [-0.2, -0.15) is 0 Å². The number of nitrogens with one attached hydrogen (secondary N) is 2. The van der Waals surface area contributed by atoms with Crippen molar-refractivity contribution in [1.82, 2.24) is 15.6 Å². The zero-order valence-corrected chi connectivity index (χ0v) is 17.4. The topological polar surface area (TPSA) is 49.3 Å². The Bertz CT molecular complexity index is 638. The van der Waals surface area contributed by atoms with Crippen molar-refractivity contribution in [2.45, 2.75) is 33.9 Å². The number of guanidine groups is 1. The predicted octanol–water partition coefficient (Wildman–Crippen LogP) is 4.29. The van der Waals surface area contributed by atoms with Crippen molar-refractivity contribution >= 4 is 52.9 Å². The van der Waals surface area contributed by atoms with Crippen LogP contribution in [0.15, 0.2) is 29.3 Å². The van der Waals surface area contributed by atoms with Gasteiger partial charge in [-0.3, -0.25) is 0 Å². The van der Waals surface area contributed by atoms with E-state index in [2.05, 4.69) is 27.5 Å². The second-order valence-corrected chi connectivity index (χ2v) is 6.58. The zero-order valence-electron chi connectivity index (χ0n) is 13.5. The van der Waals surface area contributed by atoms with E-state index in [4.69, 9.17) is 11.6 Å². The summed E-state index contributed by atoms with van der Waals surface area (Å²) in [6.07, 6.45) is 0. The van der Waals surface area contributed by atoms with E-state index >= 15 is 0 Å². The van der Waals surface area contributed by atoms with Gasteiger partial charge in [0.2, 0.25) is 0 Å². The third-order valence-electron chi connectivity index (χ3n) is 3.19. The predicted molar refractivity (Wildman–Crippen MR) is 110 cm³/mol. The maximum absolute atomic E-state index is 6.16. The van der Waals surface area contributed by atoms with Crippen LogP contribution < -0.4 is 10.6 Å². The van der Waals surface area contributed by atoms with Gasteiger partial charge >= 0.3 is 0 Å². The van der Waals surface area contributed by atoms with Gasteiger partial charge in [0.05, 0.1) is 18.8 Å². The molecule has 0 radical (unpaired) electrons. The summed E-state index contributed by atoms with van der Waals surface area (Å²) in [6.45, 7) is 8.20. The molecular formula is C16H22ClIN4S. The molecule has 0 aliphatic carbocycles. The van der Waals surface area contributed by atoms with Crippen molar-refractivity contribution in [3.05, 3.63) is 50.4 Å². The van der Waals surface area contributed by atoms with E-state index in [9.17, 15) is 0 Å². The Morgan fingerprint density at radius 1 is 1.26 bits per heavy atom. The molecule has 126 valence electrons. The molecule has 1 aromatic carbocycles. The molecule has 0 unspecified atom stereocenters. The average Bonchev–Trinajstić information content (AvgIpc) is 2.82. The second-order valence-electron chi connectivity index (χ2n) is 4.89. The van der Waals surface area contributed by atoms with Crippen LogP contribution in [0.2, 0.25) is 5.02 Å². The number of nitrogens with zero attached hydrogens (tertiary/aromatic N) is 2. The van der Waals surface area contributed by atoms with Gasteiger partial charge in [0.15, 0.2) is 5.96 Å². The normalized spacial score (nSPS) is 11.0. The molecule has 0 amide bonds. The van der Waals surface area contributed by atoms with Crippen molar-refractivity contribution in [3.8, 4) is 0 Å². The summed E-state index contributed by atoms with van der Waals surface area (Å²) in [6, 6.07) is 7.77. The molecule has 7 heteroatoms. The Kier molecular flexibility index (Phi) is 8.86. The van der Waals surface area contributed by atoms with Gasteiger partial charge in [-0.05, 0) is 32.4 Å². The highest BCUT2D eigenvalue weighted by molar-refractivity contribution is 14.0. The molecule has 2 aromatic rings. The van der Waals surface area contributed by atoms with Crippen LogP contribution in [0.3, 0.4) is 0 Å². The minimum Gasteiger partial charge on any atom is -0.357 e. The summed E-state index contributed by atoms with van der Waals surface area (Å²) in [4.78, 5) is 10.4. The number of benzene rings is 1. The van der Waals surface area contributed by atoms with Gasteiger partial charge in [-0.15, -0.1) is 35.3 Å². The van der Waals surface area contributed by atoms with E-state index in [1.165, 1.54) is 4.88 Å². The Balaban J connectivity index is 0.00000264. The summed E-state index contributed by atoms with van der Waals surface area (Å²) in [5.41, 5.74) is 2.11. The van der Waals surface area contributed by atoms with Crippen molar-refractivity contribution in [1.29, 1.82) is 0 Å². The first-order valence-corrected chi connectivity index (χ1v) is 8.48. The van der Waals surface area contributed by atoms with Crippen molar-refractivity contribution in [3.63, 3.8) is 0 Å². The van der Waals surface area contributed by atoms with Crippen LogP contribution in [0.4, 0.5) is 0 Å². The van der Waals surface area contributed by atoms with Gasteiger partial charge in [0.25, 0.3) is 0 Å². The highest BCUT2D eigenvalue weighted by atomic mass is 127. The molecule has 0 spiro atoms. The molecule has 23 heavy (non-hydrogen) atoms. The summed E-state index contributed by atoms with van der Waals surface area (Å²) >= 11 is 7.87. The van der Waals surface area contributed by atoms with E-state index < -0.39 is 0 Å². The number of hydrogen-bond donors (Lipinski definition) is 2. The molecule has 1 aromatic heterocycles. The van der Waals surface area contributed by atoms with Crippen molar-refractivity contribution in [2.24, 2.45) is 4.99 Å². The molecule has 0 bridgehead atoms. The zero-order chi connectivity index (χ0) is 15.9. The molecule has 2 N–H and O–H groups in total. The molecule has 0 saturated carbocycles. The first-order chi connectivity index (χ1) is 10.6. The molecule has 0 fully saturated rings. The summed E-state index contributed by atoms with van der Waals surface area (Å²) in [5.74, 6) is 0.771. The quantitative estimate of drug-likeness (QED) is 0.394. The van der Waals surface area contributed by atoms with E-state index in [0.29, 0.717) is 13.1 Å². The Labute approximate surface area is 163 Å². The number of hydrogen-bond acceptors (Lipinski definition) is 3. The first kappa shape index (κ1) is 20.2. The first-order valence-electron chi connectivity index (χ1n) is 7.28. The molecule has 0 aliphatic rings. The molecule has 1 heterocycles. The number of aliphatic imine (C=N–C) groups is 1. The maximum atomic E-state index is 6.16. The second kappa shape index (κ2) is 10.1. The van der Waals surface area contributed by atoms with E-state index in [1.54, 1.807) is 11.3 Å². The standard InChI is InChI=1S/C16H21ClN4S.HI/c1-4-18-16(19-9-13-7-5-6-8-14(13)17)20-10-15-21-11(2)12(3)22-15;/h5-8H,4,9-10H2,1-3H3,(H2,18,19,20);1H. The summed E-state index contributed by atoms with van der Waals surface area (Å²) in [5, 5.41) is 8.36. The highest BCUT2D eigenvalue weighted by Crippen LogP contribution is 2.17. The van der Waals surface area contributed by atoms with Crippen LogP contribution in [0.1, 0.15) is 28.1 Å². The largest absolute Gasteiger partial charge is 0.357 e. The monoisotopic (exact) mass is 464 g/mol. The van der Waals surface area contributed by atoms with Crippen molar-refractivity contribution < 1.29 is 0 Å². The minimum absolute atomic E-state index is 0. The molecular weight excluding hydrogens is 443 g/mol. The average molecular weight is 465 g/mol. The lowest BCUT2D eigenvalue weighted by Gasteiger charge is -2.10. The smallest absolute Gasteiger partial charge is 0.191 e. The van der Waals surface area contributed by atoms with Gasteiger partial charge < -0.3 is 10.6 Å². The number of aryl methyl sites for hydroxylation is 2. The lowest BCUT2D eigenvalue weighted by molar-refractivity contribution is 0.810. The number of rotatable bonds is 5. The number of thiazole rings is 1. The van der Waals surface area contributed by atoms with E-state index in [-0.39, 0.29) is 24.0 Å². The Morgan fingerprint density at radius 2 is 2.00 bits per heavy atom. The highest BCUT2D eigenvalue weighted by Gasteiger charge is 2.05. The van der Waals surface area contributed by atoms with Crippen LogP contribution in [0.5, 0.6) is 0 Å². The van der Waals surface area contributed by atoms with Crippen LogP contribution in [-0.2, 0) is 13.1 Å². The Morgan fingerprint density at radius 3 is 2.61 bits per heavy atom. The molecule has 0 saturated heterocycles. The third-order valence-corrected chi connectivity index (χ3v) is 4.63. The lowest BCUT2D eigenvalue weighted by atomic mass is 10.2. The molecule has 0 aliphatic heterocycles. The fourth-order valence-corrected chi connectivity index (χ4v) is 2.98. The van der Waals surface area contributed by atoms with Gasteiger partial charge in [0.1, 0.15) is 5.01 Å². The fourth-order valence-electron chi connectivity index (χ4n) is 1.91. The molecule has 4 nitrogen and oxygen atoms in total. The van der Waals surface area contributed by atoms with Crippen molar-refractivity contribution in [2.75, 3.05) is 6.54 Å². The Hall–Kier alpha value is -0.860. The van der Waals surface area contributed by atoms with E-state index in [1.807, 2.05) is 38.1 Å². The SMILES string of the molecule is CCNC(=NCc1ccccc1Cl)NCc1nc(C)c(C)s1.I. The molecule has 2 rings (SSSR count). The van der Waals surface area contributed by atoms with E-state index in [0.717, 1.165) is 33.8 Å². The molecule has 0 atom stereocenters. The summed E-state index contributed by atoms with van der Waals surface area (Å²) in [7, 11) is 0.